The number of anilines is 1. The van der Waals surface area contributed by atoms with Gasteiger partial charge in [-0.25, -0.2) is 9.97 Å². The van der Waals surface area contributed by atoms with E-state index in [0.717, 1.165) is 5.56 Å². The van der Waals surface area contributed by atoms with Crippen LogP contribution in [-0.4, -0.2) is 19.5 Å². The zero-order valence-corrected chi connectivity index (χ0v) is 11.1. The van der Waals surface area contributed by atoms with Crippen molar-refractivity contribution in [1.29, 1.82) is 0 Å². The van der Waals surface area contributed by atoms with Crippen LogP contribution < -0.4 is 11.5 Å². The first-order valence-corrected chi connectivity index (χ1v) is 6.27. The highest BCUT2D eigenvalue weighted by molar-refractivity contribution is 6.30. The van der Waals surface area contributed by atoms with Crippen LogP contribution >= 0.6 is 11.6 Å². The fraction of sp³-hybridized carbons (Fsp3) is 0.0769. The minimum absolute atomic E-state index is 0.273. The van der Waals surface area contributed by atoms with E-state index < -0.39 is 6.23 Å². The summed E-state index contributed by atoms with van der Waals surface area (Å²) < 4.78 is 1.64. The second-order valence-corrected chi connectivity index (χ2v) is 4.78. The molecule has 5 N–H and O–H groups in total. The normalized spacial score (nSPS) is 12.8. The zero-order chi connectivity index (χ0) is 14.3. The Balaban J connectivity index is 2.21. The average molecular weight is 290 g/mol. The van der Waals surface area contributed by atoms with Crippen molar-refractivity contribution in [2.75, 3.05) is 5.73 Å². The van der Waals surface area contributed by atoms with Crippen LogP contribution in [0.1, 0.15) is 11.9 Å². The third kappa shape index (κ3) is 2.09. The minimum Gasteiger partial charge on any atom is -0.381 e. The first kappa shape index (κ1) is 12.9. The van der Waals surface area contributed by atoms with Crippen LogP contribution in [0.4, 0.5) is 5.82 Å². The third-order valence-corrected chi connectivity index (χ3v) is 3.24. The summed E-state index contributed by atoms with van der Waals surface area (Å²) >= 11 is 5.86. The number of aliphatic hydroxyl groups excluding tert-OH is 1. The SMILES string of the molecule is Nc1ncc(C(N)O)n2cc(-c3ccc(Cl)cc3)nc12. The van der Waals surface area contributed by atoms with Crippen molar-refractivity contribution >= 4 is 23.1 Å². The van der Waals surface area contributed by atoms with Crippen molar-refractivity contribution in [3.05, 3.63) is 47.4 Å². The monoisotopic (exact) mass is 289 g/mol. The van der Waals surface area contributed by atoms with Gasteiger partial charge >= 0.3 is 0 Å². The van der Waals surface area contributed by atoms with E-state index in [2.05, 4.69) is 9.97 Å². The molecule has 1 unspecified atom stereocenters. The fourth-order valence-electron chi connectivity index (χ4n) is 1.99. The van der Waals surface area contributed by atoms with Gasteiger partial charge in [-0.15, -0.1) is 0 Å². The predicted molar refractivity (Wildman–Crippen MR) is 77.0 cm³/mol. The summed E-state index contributed by atoms with van der Waals surface area (Å²) in [7, 11) is 0. The molecule has 2 aromatic heterocycles. The van der Waals surface area contributed by atoms with Gasteiger partial charge in [0.1, 0.15) is 6.23 Å². The van der Waals surface area contributed by atoms with Crippen LogP contribution in [0.15, 0.2) is 36.7 Å². The van der Waals surface area contributed by atoms with Gasteiger partial charge < -0.3 is 16.6 Å². The largest absolute Gasteiger partial charge is 0.381 e. The molecule has 0 saturated heterocycles. The highest BCUT2D eigenvalue weighted by atomic mass is 35.5. The number of imidazole rings is 1. The summed E-state index contributed by atoms with van der Waals surface area (Å²) in [5, 5.41) is 10.2. The first-order chi connectivity index (χ1) is 9.56. The number of hydrogen-bond donors (Lipinski definition) is 3. The number of aliphatic hydroxyl groups is 1. The first-order valence-electron chi connectivity index (χ1n) is 5.89. The van der Waals surface area contributed by atoms with E-state index in [1.54, 1.807) is 22.7 Å². The lowest BCUT2D eigenvalue weighted by molar-refractivity contribution is 0.179. The van der Waals surface area contributed by atoms with E-state index in [1.165, 1.54) is 6.20 Å². The molecule has 0 aliphatic rings. The van der Waals surface area contributed by atoms with Crippen LogP contribution in [-0.2, 0) is 0 Å². The van der Waals surface area contributed by atoms with Gasteiger partial charge in [0.15, 0.2) is 11.5 Å². The quantitative estimate of drug-likeness (QED) is 0.622. The molecule has 1 aromatic carbocycles. The van der Waals surface area contributed by atoms with Gasteiger partial charge in [0.05, 0.1) is 17.6 Å². The lowest BCUT2D eigenvalue weighted by atomic mass is 10.2. The molecule has 3 rings (SSSR count). The highest BCUT2D eigenvalue weighted by Crippen LogP contribution is 2.24. The van der Waals surface area contributed by atoms with E-state index in [0.29, 0.717) is 22.1 Å². The molecule has 0 fully saturated rings. The number of halogens is 1. The van der Waals surface area contributed by atoms with Gasteiger partial charge in [-0.3, -0.25) is 4.40 Å². The van der Waals surface area contributed by atoms with Gasteiger partial charge in [-0.2, -0.15) is 0 Å². The van der Waals surface area contributed by atoms with Crippen molar-refractivity contribution in [3.8, 4) is 11.3 Å². The van der Waals surface area contributed by atoms with Gasteiger partial charge in [-0.1, -0.05) is 23.7 Å². The Morgan fingerprint density at radius 2 is 1.95 bits per heavy atom. The number of nitrogen functional groups attached to an aromatic ring is 1. The molecule has 0 amide bonds. The van der Waals surface area contributed by atoms with Gasteiger partial charge in [0, 0.05) is 16.8 Å². The number of hydrogen-bond acceptors (Lipinski definition) is 5. The minimum atomic E-state index is -1.15. The molecule has 0 aliphatic carbocycles. The van der Waals surface area contributed by atoms with E-state index in [1.807, 2.05) is 12.1 Å². The van der Waals surface area contributed by atoms with Gasteiger partial charge in [0.2, 0.25) is 0 Å². The molecule has 3 aromatic rings. The maximum atomic E-state index is 9.56. The lowest BCUT2D eigenvalue weighted by Crippen LogP contribution is -2.14. The van der Waals surface area contributed by atoms with Crippen LogP contribution in [0.5, 0.6) is 0 Å². The maximum absolute atomic E-state index is 9.56. The second-order valence-electron chi connectivity index (χ2n) is 4.34. The molecule has 0 saturated carbocycles. The fourth-order valence-corrected chi connectivity index (χ4v) is 2.12. The molecule has 7 heteroatoms. The number of nitrogens with two attached hydrogens (primary N) is 2. The van der Waals surface area contributed by atoms with E-state index in [4.69, 9.17) is 23.1 Å². The van der Waals surface area contributed by atoms with E-state index in [9.17, 15) is 5.11 Å². The summed E-state index contributed by atoms with van der Waals surface area (Å²) in [6, 6.07) is 7.26. The summed E-state index contributed by atoms with van der Waals surface area (Å²) in [6.45, 7) is 0. The molecule has 6 nitrogen and oxygen atoms in total. The van der Waals surface area contributed by atoms with Crippen molar-refractivity contribution < 1.29 is 5.11 Å². The second kappa shape index (κ2) is 4.75. The molecular formula is C13H12ClN5O. The molecule has 0 bridgehead atoms. The Labute approximate surface area is 119 Å². The summed E-state index contributed by atoms with van der Waals surface area (Å²) in [4.78, 5) is 8.40. The number of nitrogens with zero attached hydrogens (tertiary/aromatic N) is 3. The third-order valence-electron chi connectivity index (χ3n) is 2.99. The number of rotatable bonds is 2. The Kier molecular flexibility index (Phi) is 3.06. The summed E-state index contributed by atoms with van der Waals surface area (Å²) in [6.07, 6.45) is 2.03. The smallest absolute Gasteiger partial charge is 0.180 e. The van der Waals surface area contributed by atoms with Crippen molar-refractivity contribution in [3.63, 3.8) is 0 Å². The molecule has 2 heterocycles. The molecular weight excluding hydrogens is 278 g/mol. The van der Waals surface area contributed by atoms with Crippen molar-refractivity contribution in [1.82, 2.24) is 14.4 Å². The Morgan fingerprint density at radius 3 is 2.60 bits per heavy atom. The topological polar surface area (TPSA) is 102 Å². The van der Waals surface area contributed by atoms with E-state index in [-0.39, 0.29) is 5.82 Å². The van der Waals surface area contributed by atoms with Crippen LogP contribution in [0.3, 0.4) is 0 Å². The van der Waals surface area contributed by atoms with Crippen molar-refractivity contribution in [2.24, 2.45) is 5.73 Å². The number of aromatic nitrogens is 3. The number of fused-ring (bicyclic) bond motifs is 1. The van der Waals surface area contributed by atoms with Gasteiger partial charge in [-0.05, 0) is 12.1 Å². The van der Waals surface area contributed by atoms with Crippen molar-refractivity contribution in [2.45, 2.75) is 6.23 Å². The van der Waals surface area contributed by atoms with Crippen LogP contribution in [0.2, 0.25) is 5.02 Å². The maximum Gasteiger partial charge on any atom is 0.180 e. The summed E-state index contributed by atoms with van der Waals surface area (Å²) in [5.41, 5.74) is 13.8. The standard InChI is InChI=1S/C13H12ClN5O/c14-8-3-1-7(2-4-8)9-6-19-10(12(16)20)5-17-11(15)13(19)18-9/h1-6,12,20H,16H2,(H2,15,17). The lowest BCUT2D eigenvalue weighted by Gasteiger charge is -2.07. The zero-order valence-electron chi connectivity index (χ0n) is 10.4. The highest BCUT2D eigenvalue weighted by Gasteiger charge is 2.13. The molecule has 102 valence electrons. The van der Waals surface area contributed by atoms with Crippen LogP contribution in [0.25, 0.3) is 16.9 Å². The van der Waals surface area contributed by atoms with Gasteiger partial charge in [0.25, 0.3) is 0 Å². The molecule has 20 heavy (non-hydrogen) atoms. The Bertz CT molecular complexity index is 766. The average Bonchev–Trinajstić information content (AvgIpc) is 2.85. The van der Waals surface area contributed by atoms with Crippen LogP contribution in [0, 0.1) is 0 Å². The Morgan fingerprint density at radius 1 is 1.25 bits per heavy atom. The molecule has 0 radical (unpaired) electrons. The molecule has 0 spiro atoms. The number of benzene rings is 1. The Hall–Kier alpha value is -2.15. The van der Waals surface area contributed by atoms with E-state index >= 15 is 0 Å². The predicted octanol–water partition coefficient (Wildman–Crippen LogP) is 1.58. The molecule has 1 atom stereocenters. The summed E-state index contributed by atoms with van der Waals surface area (Å²) in [5.74, 6) is 0.273. The molecule has 0 aliphatic heterocycles.